The Balaban J connectivity index is 2.35. The molecular weight excluding hydrogens is 364 g/mol. The molecule has 1 aliphatic rings. The molecule has 1 fully saturated rings. The van der Waals surface area contributed by atoms with E-state index in [9.17, 15) is 10.4 Å². The van der Waals surface area contributed by atoms with Crippen LogP contribution in [-0.2, 0) is 4.74 Å². The minimum atomic E-state index is -0.252. The van der Waals surface area contributed by atoms with Crippen molar-refractivity contribution in [2.24, 2.45) is 5.92 Å². The molecule has 0 saturated carbocycles. The number of unbranched alkanes of at least 4 members (excludes halogenated alkanes) is 2. The number of allylic oxidation sites excluding steroid dienone is 2. The summed E-state index contributed by atoms with van der Waals surface area (Å²) < 4.78 is 6.19. The van der Waals surface area contributed by atoms with Crippen molar-refractivity contribution in [2.75, 3.05) is 13.2 Å². The molecule has 1 unspecified atom stereocenters. The van der Waals surface area contributed by atoms with Crippen LogP contribution in [0.2, 0.25) is 0 Å². The van der Waals surface area contributed by atoms with Crippen LogP contribution in [-0.4, -0.2) is 56.4 Å². The van der Waals surface area contributed by atoms with Gasteiger partial charge in [0.25, 0.3) is 0 Å². The van der Waals surface area contributed by atoms with Crippen molar-refractivity contribution in [3.63, 3.8) is 0 Å². The van der Waals surface area contributed by atoms with Crippen LogP contribution >= 0.6 is 0 Å². The zero-order valence-electron chi connectivity index (χ0n) is 20.4. The molecule has 1 atom stereocenters. The van der Waals surface area contributed by atoms with Gasteiger partial charge in [0.05, 0.1) is 6.10 Å². The second-order valence-corrected chi connectivity index (χ2v) is 10.7. The Hall–Kier alpha value is -0.460. The molecule has 5 nitrogen and oxygen atoms in total. The normalized spacial score (nSPS) is 21.9. The maximum absolute atomic E-state index is 10.4. The van der Waals surface area contributed by atoms with E-state index < -0.39 is 0 Å². The van der Waals surface area contributed by atoms with Gasteiger partial charge < -0.3 is 15.2 Å². The summed E-state index contributed by atoms with van der Waals surface area (Å²) in [4.78, 5) is 0. The highest BCUT2D eigenvalue weighted by atomic mass is 16.5. The Morgan fingerprint density at radius 1 is 1.14 bits per heavy atom. The van der Waals surface area contributed by atoms with Gasteiger partial charge in [-0.25, -0.2) is 0 Å². The van der Waals surface area contributed by atoms with Crippen LogP contribution in [0.3, 0.4) is 0 Å². The lowest BCUT2D eigenvalue weighted by molar-refractivity contribution is -0.261. The lowest BCUT2D eigenvalue weighted by Crippen LogP contribution is -2.60. The summed E-state index contributed by atoms with van der Waals surface area (Å²) in [6, 6.07) is 0. The average molecular weight is 413 g/mol. The van der Waals surface area contributed by atoms with Crippen molar-refractivity contribution in [1.82, 2.24) is 10.1 Å². The number of piperidine rings is 1. The SMILES string of the molecule is C/C=C/C(CCCCCOC1CC(C)(C)N(O)C(C)(C)C1)CC(C)(C)N(O)CC. The molecule has 29 heavy (non-hydrogen) atoms. The predicted molar refractivity (Wildman–Crippen MR) is 120 cm³/mol. The van der Waals surface area contributed by atoms with Gasteiger partial charge in [-0.2, -0.15) is 10.1 Å². The second kappa shape index (κ2) is 11.2. The quantitative estimate of drug-likeness (QED) is 0.232. The number of hydrogen-bond acceptors (Lipinski definition) is 5. The van der Waals surface area contributed by atoms with Crippen molar-refractivity contribution in [2.45, 2.75) is 123 Å². The summed E-state index contributed by atoms with van der Waals surface area (Å²) in [5, 5.41) is 23.5. The fourth-order valence-corrected chi connectivity index (χ4v) is 4.95. The van der Waals surface area contributed by atoms with Crippen molar-refractivity contribution in [3.8, 4) is 0 Å². The van der Waals surface area contributed by atoms with Crippen molar-refractivity contribution in [3.05, 3.63) is 12.2 Å². The fraction of sp³-hybridized carbons (Fsp3) is 0.917. The number of nitrogens with zero attached hydrogens (tertiary/aromatic N) is 2. The number of ether oxygens (including phenoxy) is 1. The monoisotopic (exact) mass is 412 g/mol. The number of hydroxylamine groups is 4. The van der Waals surface area contributed by atoms with Crippen LogP contribution in [0.5, 0.6) is 0 Å². The van der Waals surface area contributed by atoms with Gasteiger partial charge >= 0.3 is 0 Å². The smallest absolute Gasteiger partial charge is 0.0611 e. The van der Waals surface area contributed by atoms with E-state index in [1.807, 2.05) is 6.92 Å². The maximum Gasteiger partial charge on any atom is 0.0611 e. The van der Waals surface area contributed by atoms with Gasteiger partial charge in [-0.05, 0) is 86.5 Å². The lowest BCUT2D eigenvalue weighted by atomic mass is 9.80. The second-order valence-electron chi connectivity index (χ2n) is 10.7. The summed E-state index contributed by atoms with van der Waals surface area (Å²) in [6.45, 7) is 18.1. The van der Waals surface area contributed by atoms with E-state index in [0.29, 0.717) is 12.5 Å². The highest BCUT2D eigenvalue weighted by Gasteiger charge is 2.45. The van der Waals surface area contributed by atoms with Crippen LogP contribution in [0.4, 0.5) is 0 Å². The van der Waals surface area contributed by atoms with Gasteiger partial charge in [0, 0.05) is 29.8 Å². The first-order chi connectivity index (χ1) is 13.4. The molecule has 0 amide bonds. The standard InChI is InChI=1S/C24H48N2O3/c1-9-14-20(17-22(3,4)25(27)10-2)15-12-11-13-16-29-21-18-23(5,6)26(28)24(7,8)19-21/h9,14,20-21,27-28H,10-13,15-19H2,1-8H3/b14-9+. The third kappa shape index (κ3) is 8.29. The Kier molecular flexibility index (Phi) is 10.3. The predicted octanol–water partition coefficient (Wildman–Crippen LogP) is 6.05. The maximum atomic E-state index is 10.4. The molecule has 0 aromatic heterocycles. The molecule has 1 saturated heterocycles. The molecule has 0 aromatic rings. The van der Waals surface area contributed by atoms with E-state index in [4.69, 9.17) is 4.74 Å². The van der Waals surface area contributed by atoms with E-state index in [0.717, 1.165) is 45.1 Å². The van der Waals surface area contributed by atoms with Crippen LogP contribution in [0.15, 0.2) is 12.2 Å². The van der Waals surface area contributed by atoms with Gasteiger partial charge in [0.15, 0.2) is 0 Å². The lowest BCUT2D eigenvalue weighted by Gasteiger charge is -2.51. The van der Waals surface area contributed by atoms with Gasteiger partial charge in [-0.15, -0.1) is 0 Å². The van der Waals surface area contributed by atoms with E-state index in [1.165, 1.54) is 16.5 Å². The molecule has 1 aliphatic heterocycles. The average Bonchev–Trinajstić information content (AvgIpc) is 2.61. The molecule has 1 rings (SSSR count). The molecule has 0 spiro atoms. The van der Waals surface area contributed by atoms with E-state index in [-0.39, 0.29) is 22.7 Å². The molecular formula is C24H48N2O3. The largest absolute Gasteiger partial charge is 0.378 e. The highest BCUT2D eigenvalue weighted by molar-refractivity contribution is 4.96. The highest BCUT2D eigenvalue weighted by Crippen LogP contribution is 2.38. The minimum absolute atomic E-state index is 0.205. The molecule has 1 heterocycles. The van der Waals surface area contributed by atoms with Gasteiger partial charge in [-0.1, -0.05) is 31.9 Å². The first-order valence-corrected chi connectivity index (χ1v) is 11.6. The van der Waals surface area contributed by atoms with Crippen molar-refractivity contribution >= 4 is 0 Å². The molecule has 0 aliphatic carbocycles. The summed E-state index contributed by atoms with van der Waals surface area (Å²) in [5.74, 6) is 0.493. The molecule has 0 bridgehead atoms. The Bertz CT molecular complexity index is 484. The molecule has 5 heteroatoms. The van der Waals surface area contributed by atoms with Gasteiger partial charge in [-0.3, -0.25) is 0 Å². The third-order valence-electron chi connectivity index (χ3n) is 6.40. The third-order valence-corrected chi connectivity index (χ3v) is 6.40. The zero-order chi connectivity index (χ0) is 22.3. The van der Waals surface area contributed by atoms with Crippen LogP contribution in [0.25, 0.3) is 0 Å². The van der Waals surface area contributed by atoms with Crippen LogP contribution in [0, 0.1) is 5.92 Å². The number of hydrogen-bond donors (Lipinski definition) is 2. The first kappa shape index (κ1) is 26.6. The summed E-state index contributed by atoms with van der Waals surface area (Å²) in [5.41, 5.74) is -0.709. The Morgan fingerprint density at radius 2 is 1.72 bits per heavy atom. The molecule has 0 aromatic carbocycles. The molecule has 172 valence electrons. The van der Waals surface area contributed by atoms with E-state index in [1.54, 1.807) is 0 Å². The molecule has 0 radical (unpaired) electrons. The topological polar surface area (TPSA) is 56.2 Å². The van der Waals surface area contributed by atoms with Crippen molar-refractivity contribution < 1.29 is 15.2 Å². The zero-order valence-corrected chi connectivity index (χ0v) is 20.4. The Morgan fingerprint density at radius 3 is 2.24 bits per heavy atom. The Labute approximate surface area is 180 Å². The van der Waals surface area contributed by atoms with Crippen molar-refractivity contribution in [1.29, 1.82) is 0 Å². The fourth-order valence-electron chi connectivity index (χ4n) is 4.95. The summed E-state index contributed by atoms with van der Waals surface area (Å²) in [7, 11) is 0. The van der Waals surface area contributed by atoms with Gasteiger partial charge in [0.2, 0.25) is 0 Å². The van der Waals surface area contributed by atoms with Crippen LogP contribution < -0.4 is 0 Å². The minimum Gasteiger partial charge on any atom is -0.378 e. The van der Waals surface area contributed by atoms with Crippen LogP contribution in [0.1, 0.15) is 100 Å². The van der Waals surface area contributed by atoms with Gasteiger partial charge in [0.1, 0.15) is 0 Å². The van der Waals surface area contributed by atoms with E-state index >= 15 is 0 Å². The summed E-state index contributed by atoms with van der Waals surface area (Å²) >= 11 is 0. The molecule has 2 N–H and O–H groups in total. The number of rotatable bonds is 12. The summed E-state index contributed by atoms with van der Waals surface area (Å²) in [6.07, 6.45) is 11.9. The first-order valence-electron chi connectivity index (χ1n) is 11.6. The van der Waals surface area contributed by atoms with E-state index in [2.05, 4.69) is 60.6 Å².